The minimum Gasteiger partial charge on any atom is -0.494 e. The number of rotatable bonds is 11. The Morgan fingerprint density at radius 2 is 1.76 bits per heavy atom. The zero-order chi connectivity index (χ0) is 22.9. The van der Waals surface area contributed by atoms with E-state index in [1.807, 2.05) is 54.6 Å². The van der Waals surface area contributed by atoms with Crippen LogP contribution in [0.15, 0.2) is 60.9 Å². The summed E-state index contributed by atoms with van der Waals surface area (Å²) in [5.41, 5.74) is 5.63. The monoisotopic (exact) mass is 446 g/mol. The number of amides is 1. The number of imidazole rings is 1. The van der Waals surface area contributed by atoms with Crippen LogP contribution in [0.1, 0.15) is 32.1 Å². The highest BCUT2D eigenvalue weighted by Gasteiger charge is 2.12. The standard InChI is InChI=1S/C24H26N6O3/c31-20(30-32)10-6-1-2-7-15-33-19-13-11-18(12-14-19)27-24-28-21(17-8-4-3-5-9-17)22-23(29-24)26-16-25-22/h3-5,8-9,11-14,16,32H,1-2,6-7,10,15H2,(H,30,31)(H2,25,26,27,28,29). The number of unbranched alkanes of at least 4 members (excludes halogenated alkanes) is 3. The van der Waals surface area contributed by atoms with Gasteiger partial charge in [0.15, 0.2) is 5.65 Å². The molecule has 2 heterocycles. The fourth-order valence-electron chi connectivity index (χ4n) is 3.44. The van der Waals surface area contributed by atoms with E-state index in [9.17, 15) is 4.79 Å². The second-order valence-electron chi connectivity index (χ2n) is 7.56. The molecule has 9 nitrogen and oxygen atoms in total. The van der Waals surface area contributed by atoms with Crippen LogP contribution in [0.25, 0.3) is 22.4 Å². The summed E-state index contributed by atoms with van der Waals surface area (Å²) in [4.78, 5) is 27.6. The number of ether oxygens (including phenoxy) is 1. The van der Waals surface area contributed by atoms with E-state index in [4.69, 9.17) is 9.94 Å². The number of carbonyl (C=O) groups is 1. The van der Waals surface area contributed by atoms with Gasteiger partial charge in [0.05, 0.1) is 12.9 Å². The van der Waals surface area contributed by atoms with Crippen molar-refractivity contribution in [3.63, 3.8) is 0 Å². The number of hydrogen-bond donors (Lipinski definition) is 4. The maximum absolute atomic E-state index is 11.0. The Kier molecular flexibility index (Phi) is 7.44. The van der Waals surface area contributed by atoms with Crippen molar-refractivity contribution in [2.45, 2.75) is 32.1 Å². The Labute approximate surface area is 191 Å². The first-order valence-corrected chi connectivity index (χ1v) is 10.9. The summed E-state index contributed by atoms with van der Waals surface area (Å²) in [7, 11) is 0. The molecule has 170 valence electrons. The van der Waals surface area contributed by atoms with Crippen LogP contribution in [0.4, 0.5) is 11.6 Å². The second-order valence-corrected chi connectivity index (χ2v) is 7.56. The Morgan fingerprint density at radius 1 is 0.970 bits per heavy atom. The van der Waals surface area contributed by atoms with E-state index >= 15 is 0 Å². The minimum absolute atomic E-state index is 0.342. The number of aromatic nitrogens is 4. The lowest BCUT2D eigenvalue weighted by molar-refractivity contribution is -0.129. The quantitative estimate of drug-likeness (QED) is 0.151. The molecule has 0 saturated heterocycles. The predicted octanol–water partition coefficient (Wildman–Crippen LogP) is 4.60. The van der Waals surface area contributed by atoms with E-state index in [0.717, 1.165) is 53.9 Å². The second kappa shape index (κ2) is 11.1. The van der Waals surface area contributed by atoms with E-state index in [0.29, 0.717) is 24.6 Å². The van der Waals surface area contributed by atoms with Gasteiger partial charge in [0.2, 0.25) is 11.9 Å². The van der Waals surface area contributed by atoms with E-state index in [-0.39, 0.29) is 5.91 Å². The number of anilines is 2. The van der Waals surface area contributed by atoms with Crippen LogP contribution in [-0.2, 0) is 4.79 Å². The van der Waals surface area contributed by atoms with Crippen molar-refractivity contribution < 1.29 is 14.7 Å². The van der Waals surface area contributed by atoms with Crippen LogP contribution in [0.5, 0.6) is 5.75 Å². The molecular weight excluding hydrogens is 420 g/mol. The van der Waals surface area contributed by atoms with Gasteiger partial charge < -0.3 is 15.0 Å². The summed E-state index contributed by atoms with van der Waals surface area (Å²) in [5.74, 6) is 0.926. The maximum Gasteiger partial charge on any atom is 0.243 e. The average molecular weight is 447 g/mol. The lowest BCUT2D eigenvalue weighted by Gasteiger charge is -2.10. The minimum atomic E-state index is -0.342. The van der Waals surface area contributed by atoms with Gasteiger partial charge in [-0.15, -0.1) is 0 Å². The van der Waals surface area contributed by atoms with Gasteiger partial charge in [0.25, 0.3) is 0 Å². The molecule has 4 aromatic rings. The summed E-state index contributed by atoms with van der Waals surface area (Å²) >= 11 is 0. The SMILES string of the molecule is O=C(CCCCCCOc1ccc(Nc2nc(-c3ccccc3)c3nc[nH]c3n2)cc1)NO. The molecule has 2 aromatic carbocycles. The van der Waals surface area contributed by atoms with Gasteiger partial charge >= 0.3 is 0 Å². The number of fused-ring (bicyclic) bond motifs is 1. The molecule has 4 N–H and O–H groups in total. The summed E-state index contributed by atoms with van der Waals surface area (Å²) in [6.07, 6.45) is 5.51. The fraction of sp³-hybridized carbons (Fsp3) is 0.250. The molecule has 0 atom stereocenters. The third kappa shape index (κ3) is 6.05. The summed E-state index contributed by atoms with van der Waals surface area (Å²) in [6, 6.07) is 17.6. The molecule has 33 heavy (non-hydrogen) atoms. The molecule has 0 aliphatic carbocycles. The van der Waals surface area contributed by atoms with Crippen molar-refractivity contribution in [3.8, 4) is 17.0 Å². The van der Waals surface area contributed by atoms with E-state index < -0.39 is 0 Å². The van der Waals surface area contributed by atoms with Crippen LogP contribution in [0, 0.1) is 0 Å². The van der Waals surface area contributed by atoms with Gasteiger partial charge in [-0.1, -0.05) is 43.2 Å². The summed E-state index contributed by atoms with van der Waals surface area (Å²) < 4.78 is 5.79. The van der Waals surface area contributed by atoms with E-state index in [2.05, 4.69) is 25.3 Å². The van der Waals surface area contributed by atoms with Crippen LogP contribution in [0.2, 0.25) is 0 Å². The largest absolute Gasteiger partial charge is 0.494 e. The third-order valence-corrected chi connectivity index (χ3v) is 5.13. The third-order valence-electron chi connectivity index (χ3n) is 5.13. The lowest BCUT2D eigenvalue weighted by atomic mass is 10.1. The first kappa shape index (κ1) is 22.2. The Hall–Kier alpha value is -3.98. The summed E-state index contributed by atoms with van der Waals surface area (Å²) in [6.45, 7) is 0.610. The fourth-order valence-corrected chi connectivity index (χ4v) is 3.44. The molecule has 0 bridgehead atoms. The number of H-pyrrole nitrogens is 1. The highest BCUT2D eigenvalue weighted by Crippen LogP contribution is 2.26. The Balaban J connectivity index is 1.32. The number of nitrogens with one attached hydrogen (secondary N) is 3. The van der Waals surface area contributed by atoms with Gasteiger partial charge in [0.1, 0.15) is 17.0 Å². The van der Waals surface area contributed by atoms with Gasteiger partial charge in [-0.25, -0.2) is 15.4 Å². The summed E-state index contributed by atoms with van der Waals surface area (Å²) in [5, 5.41) is 11.7. The lowest BCUT2D eigenvalue weighted by Crippen LogP contribution is -2.17. The van der Waals surface area contributed by atoms with Gasteiger partial charge in [-0.3, -0.25) is 10.0 Å². The molecule has 0 fully saturated rings. The van der Waals surface area contributed by atoms with Crippen LogP contribution >= 0.6 is 0 Å². The van der Waals surface area contributed by atoms with Gasteiger partial charge in [-0.2, -0.15) is 4.98 Å². The normalized spacial score (nSPS) is 10.8. The van der Waals surface area contributed by atoms with Crippen LogP contribution < -0.4 is 15.5 Å². The van der Waals surface area contributed by atoms with Crippen molar-refractivity contribution in [1.29, 1.82) is 0 Å². The Morgan fingerprint density at radius 3 is 2.55 bits per heavy atom. The number of nitrogens with zero attached hydrogens (tertiary/aromatic N) is 3. The zero-order valence-electron chi connectivity index (χ0n) is 18.1. The highest BCUT2D eigenvalue weighted by molar-refractivity contribution is 5.88. The maximum atomic E-state index is 11.0. The molecule has 0 aliphatic heterocycles. The smallest absolute Gasteiger partial charge is 0.243 e. The van der Waals surface area contributed by atoms with Crippen molar-refractivity contribution in [2.24, 2.45) is 0 Å². The van der Waals surface area contributed by atoms with Crippen LogP contribution in [0.3, 0.4) is 0 Å². The predicted molar refractivity (Wildman–Crippen MR) is 125 cm³/mol. The average Bonchev–Trinajstić information content (AvgIpc) is 3.33. The van der Waals surface area contributed by atoms with Gasteiger partial charge in [-0.05, 0) is 37.1 Å². The Bertz CT molecular complexity index is 1180. The molecule has 1 amide bonds. The zero-order valence-corrected chi connectivity index (χ0v) is 18.1. The van der Waals surface area contributed by atoms with Crippen LogP contribution in [-0.4, -0.2) is 37.7 Å². The van der Waals surface area contributed by atoms with E-state index in [1.54, 1.807) is 11.8 Å². The number of benzene rings is 2. The first-order valence-electron chi connectivity index (χ1n) is 10.9. The molecular formula is C24H26N6O3. The number of carbonyl (C=O) groups excluding carboxylic acids is 1. The van der Waals surface area contributed by atoms with Crippen molar-refractivity contribution in [3.05, 3.63) is 60.9 Å². The topological polar surface area (TPSA) is 125 Å². The van der Waals surface area contributed by atoms with E-state index in [1.165, 1.54) is 0 Å². The van der Waals surface area contributed by atoms with Crippen molar-refractivity contribution in [1.82, 2.24) is 25.4 Å². The molecule has 0 radical (unpaired) electrons. The van der Waals surface area contributed by atoms with Crippen molar-refractivity contribution >= 4 is 28.7 Å². The first-order chi connectivity index (χ1) is 16.2. The van der Waals surface area contributed by atoms with Gasteiger partial charge in [0, 0.05) is 17.7 Å². The molecule has 0 unspecified atom stereocenters. The molecule has 9 heteroatoms. The number of aromatic amines is 1. The molecule has 0 aliphatic rings. The molecule has 0 spiro atoms. The highest BCUT2D eigenvalue weighted by atomic mass is 16.5. The number of hydroxylamine groups is 1. The van der Waals surface area contributed by atoms with Crippen molar-refractivity contribution in [2.75, 3.05) is 11.9 Å². The number of hydrogen-bond acceptors (Lipinski definition) is 7. The molecule has 2 aromatic heterocycles. The molecule has 4 rings (SSSR count). The molecule has 0 saturated carbocycles.